The second-order valence-electron chi connectivity index (χ2n) is 7.82. The second kappa shape index (κ2) is 9.17. The quantitative estimate of drug-likeness (QED) is 0.475. The lowest BCUT2D eigenvalue weighted by atomic mass is 9.97. The molecular weight excluding hydrogens is 496 g/mol. The van der Waals surface area contributed by atoms with Crippen LogP contribution in [0.15, 0.2) is 59.2 Å². The van der Waals surface area contributed by atoms with E-state index < -0.39 is 16.0 Å². The van der Waals surface area contributed by atoms with Crippen LogP contribution in [-0.4, -0.2) is 49.4 Å². The van der Waals surface area contributed by atoms with Crippen molar-refractivity contribution in [3.63, 3.8) is 0 Å². The molecule has 0 amide bonds. The molecular formula is C23H23BrN2O5S. The molecule has 2 aromatic carbocycles. The van der Waals surface area contributed by atoms with Gasteiger partial charge >= 0.3 is 5.97 Å². The smallest absolute Gasteiger partial charge is 0.340 e. The predicted octanol–water partition coefficient (Wildman–Crippen LogP) is 4.07. The van der Waals surface area contributed by atoms with Crippen LogP contribution in [0.1, 0.15) is 33.6 Å². The topological polar surface area (TPSA) is 85.7 Å². The minimum Gasteiger partial charge on any atom is -0.465 e. The highest BCUT2D eigenvalue weighted by molar-refractivity contribution is 9.10. The average Bonchev–Trinajstić information content (AvgIpc) is 3.17. The zero-order valence-electron chi connectivity index (χ0n) is 17.5. The first-order valence-corrected chi connectivity index (χ1v) is 12.7. The maximum atomic E-state index is 13.3. The van der Waals surface area contributed by atoms with Crippen molar-refractivity contribution < 1.29 is 22.7 Å². The van der Waals surface area contributed by atoms with E-state index in [1.165, 1.54) is 22.2 Å². The van der Waals surface area contributed by atoms with Crippen LogP contribution in [0, 0.1) is 5.92 Å². The fourth-order valence-electron chi connectivity index (χ4n) is 4.14. The predicted molar refractivity (Wildman–Crippen MR) is 125 cm³/mol. The third-order valence-electron chi connectivity index (χ3n) is 5.79. The van der Waals surface area contributed by atoms with Crippen molar-refractivity contribution in [2.24, 2.45) is 5.92 Å². The molecule has 0 atom stereocenters. The summed E-state index contributed by atoms with van der Waals surface area (Å²) in [6, 6.07) is 14.4. The van der Waals surface area contributed by atoms with Crippen LogP contribution < -0.4 is 0 Å². The molecule has 0 spiro atoms. The van der Waals surface area contributed by atoms with E-state index in [2.05, 4.69) is 15.9 Å². The Morgan fingerprint density at radius 3 is 2.50 bits per heavy atom. The van der Waals surface area contributed by atoms with Gasteiger partial charge < -0.3 is 4.74 Å². The zero-order valence-corrected chi connectivity index (χ0v) is 19.9. The third kappa shape index (κ3) is 4.51. The minimum atomic E-state index is -3.48. The highest BCUT2D eigenvalue weighted by Gasteiger charge is 2.32. The Hall–Kier alpha value is -2.49. The molecule has 0 radical (unpaired) electrons. The number of sulfonamides is 1. The van der Waals surface area contributed by atoms with Gasteiger partial charge in [0.05, 0.1) is 23.9 Å². The monoisotopic (exact) mass is 518 g/mol. The summed E-state index contributed by atoms with van der Waals surface area (Å²) in [4.78, 5) is 25.4. The molecule has 9 heteroatoms. The van der Waals surface area contributed by atoms with Gasteiger partial charge in [0, 0.05) is 35.1 Å². The number of carbonyl (C=O) groups excluding carboxylic acids is 2. The summed E-state index contributed by atoms with van der Waals surface area (Å²) in [6.45, 7) is 0.575. The molecule has 1 aromatic heterocycles. The van der Waals surface area contributed by atoms with E-state index in [1.54, 1.807) is 30.3 Å². The number of nitrogens with zero attached hydrogens (tertiary/aromatic N) is 2. The number of piperidine rings is 1. The van der Waals surface area contributed by atoms with Gasteiger partial charge in [0.25, 0.3) is 0 Å². The number of benzene rings is 2. The maximum Gasteiger partial charge on any atom is 0.340 e. The molecule has 1 saturated heterocycles. The van der Waals surface area contributed by atoms with Crippen LogP contribution >= 0.6 is 15.9 Å². The number of methoxy groups -OCH3 is 1. The SMILES string of the molecule is COC(=O)c1cn(C(=O)C2CCN(S(=O)(=O)Cc3cccc(Br)c3)CC2)c2ccccc12. The first-order valence-electron chi connectivity index (χ1n) is 10.2. The lowest BCUT2D eigenvalue weighted by molar-refractivity contribution is 0.0603. The summed E-state index contributed by atoms with van der Waals surface area (Å²) in [5, 5.41) is 0.654. The summed E-state index contributed by atoms with van der Waals surface area (Å²) < 4.78 is 34.4. The number of hydrogen-bond donors (Lipinski definition) is 0. The Bertz CT molecular complexity index is 1280. The summed E-state index contributed by atoms with van der Waals surface area (Å²) >= 11 is 3.37. The van der Waals surface area contributed by atoms with Crippen LogP contribution in [0.5, 0.6) is 0 Å². The standard InChI is InChI=1S/C23H23BrN2O5S/c1-31-23(28)20-14-26(21-8-3-2-7-19(20)21)22(27)17-9-11-25(12-10-17)32(29,30)15-16-5-4-6-18(24)13-16/h2-8,13-14,17H,9-12,15H2,1H3. The van der Waals surface area contributed by atoms with E-state index >= 15 is 0 Å². The van der Waals surface area contributed by atoms with Crippen molar-refractivity contribution in [2.45, 2.75) is 18.6 Å². The number of ether oxygens (including phenoxy) is 1. The Balaban J connectivity index is 1.49. The van der Waals surface area contributed by atoms with Crippen LogP contribution in [0.3, 0.4) is 0 Å². The average molecular weight is 519 g/mol. The number of hydrogen-bond acceptors (Lipinski definition) is 5. The molecule has 1 aliphatic rings. The molecule has 168 valence electrons. The molecule has 4 rings (SSSR count). The highest BCUT2D eigenvalue weighted by Crippen LogP contribution is 2.28. The van der Waals surface area contributed by atoms with Crippen molar-refractivity contribution in [1.82, 2.24) is 8.87 Å². The van der Waals surface area contributed by atoms with Crippen molar-refractivity contribution in [3.8, 4) is 0 Å². The van der Waals surface area contributed by atoms with Crippen LogP contribution in [0.4, 0.5) is 0 Å². The second-order valence-corrected chi connectivity index (χ2v) is 10.7. The molecule has 2 heterocycles. The van der Waals surface area contributed by atoms with Crippen molar-refractivity contribution >= 4 is 48.7 Å². The van der Waals surface area contributed by atoms with E-state index in [-0.39, 0.29) is 30.7 Å². The summed E-state index contributed by atoms with van der Waals surface area (Å²) in [5.41, 5.74) is 1.69. The molecule has 32 heavy (non-hydrogen) atoms. The molecule has 0 N–H and O–H groups in total. The Labute approximate surface area is 195 Å². The van der Waals surface area contributed by atoms with Crippen LogP contribution in [-0.2, 0) is 20.5 Å². The Kier molecular flexibility index (Phi) is 6.50. The highest BCUT2D eigenvalue weighted by atomic mass is 79.9. The summed E-state index contributed by atoms with van der Waals surface area (Å²) in [5.74, 6) is -1.04. The van der Waals surface area contributed by atoms with Crippen molar-refractivity contribution in [1.29, 1.82) is 0 Å². The van der Waals surface area contributed by atoms with E-state index in [9.17, 15) is 18.0 Å². The van der Waals surface area contributed by atoms with Gasteiger partial charge in [-0.25, -0.2) is 17.5 Å². The van der Waals surface area contributed by atoms with E-state index in [0.717, 1.165) is 4.47 Å². The van der Waals surface area contributed by atoms with Gasteiger partial charge in [-0.05, 0) is 36.6 Å². The number of aromatic nitrogens is 1. The largest absolute Gasteiger partial charge is 0.465 e. The fourth-order valence-corrected chi connectivity index (χ4v) is 6.14. The maximum absolute atomic E-state index is 13.3. The van der Waals surface area contributed by atoms with Crippen molar-refractivity contribution in [2.75, 3.05) is 20.2 Å². The molecule has 1 aliphatic heterocycles. The van der Waals surface area contributed by atoms with Gasteiger partial charge in [-0.3, -0.25) is 9.36 Å². The number of halogens is 1. The van der Waals surface area contributed by atoms with Gasteiger partial charge in [-0.1, -0.05) is 46.3 Å². The molecule has 7 nitrogen and oxygen atoms in total. The van der Waals surface area contributed by atoms with E-state index in [1.807, 2.05) is 18.2 Å². The van der Waals surface area contributed by atoms with E-state index in [4.69, 9.17) is 4.74 Å². The number of fused-ring (bicyclic) bond motifs is 1. The number of carbonyl (C=O) groups is 2. The Morgan fingerprint density at radius 1 is 1.09 bits per heavy atom. The molecule has 0 bridgehead atoms. The van der Waals surface area contributed by atoms with Gasteiger partial charge in [0.15, 0.2) is 0 Å². The van der Waals surface area contributed by atoms with E-state index in [0.29, 0.717) is 34.9 Å². The Morgan fingerprint density at radius 2 is 1.81 bits per heavy atom. The summed E-state index contributed by atoms with van der Waals surface area (Å²) in [7, 11) is -2.17. The third-order valence-corrected chi connectivity index (χ3v) is 8.13. The fraction of sp³-hybridized carbons (Fsp3) is 0.304. The van der Waals surface area contributed by atoms with Gasteiger partial charge in [-0.2, -0.15) is 0 Å². The normalized spacial score (nSPS) is 15.7. The lowest BCUT2D eigenvalue weighted by Gasteiger charge is -2.30. The molecule has 0 aliphatic carbocycles. The number of rotatable bonds is 5. The van der Waals surface area contributed by atoms with Crippen LogP contribution in [0.2, 0.25) is 0 Å². The van der Waals surface area contributed by atoms with Gasteiger partial charge in [0.1, 0.15) is 0 Å². The lowest BCUT2D eigenvalue weighted by Crippen LogP contribution is -2.41. The first kappa shape index (κ1) is 22.7. The molecule has 0 saturated carbocycles. The molecule has 1 fully saturated rings. The first-order chi connectivity index (χ1) is 15.3. The summed E-state index contributed by atoms with van der Waals surface area (Å²) in [6.07, 6.45) is 2.38. The molecule has 0 unspecified atom stereocenters. The van der Waals surface area contributed by atoms with Gasteiger partial charge in [-0.15, -0.1) is 0 Å². The number of para-hydroxylation sites is 1. The minimum absolute atomic E-state index is 0.0736. The number of esters is 1. The molecule has 3 aromatic rings. The van der Waals surface area contributed by atoms with Crippen molar-refractivity contribution in [3.05, 3.63) is 70.3 Å². The van der Waals surface area contributed by atoms with Gasteiger partial charge in [0.2, 0.25) is 15.9 Å². The zero-order chi connectivity index (χ0) is 22.9. The van der Waals surface area contributed by atoms with Crippen LogP contribution in [0.25, 0.3) is 10.9 Å².